The number of rotatable bonds is 4. The van der Waals surface area contributed by atoms with Crippen LogP contribution < -0.4 is 5.32 Å². The summed E-state index contributed by atoms with van der Waals surface area (Å²) in [6, 6.07) is 1.97. The van der Waals surface area contributed by atoms with Gasteiger partial charge in [0.15, 0.2) is 0 Å². The number of hydrogen-bond acceptors (Lipinski definition) is 5. The third-order valence-electron chi connectivity index (χ3n) is 2.18. The molecule has 5 nitrogen and oxygen atoms in total. The quantitative estimate of drug-likeness (QED) is 0.835. The summed E-state index contributed by atoms with van der Waals surface area (Å²) in [6.45, 7) is 2.81. The molecule has 16 heavy (non-hydrogen) atoms. The number of likely N-dealkylation sites (N-methyl/N-ethyl adjacent to an activating group) is 1. The summed E-state index contributed by atoms with van der Waals surface area (Å²) in [5.74, 6) is 1.17. The van der Waals surface area contributed by atoms with E-state index in [0.29, 0.717) is 11.8 Å². The van der Waals surface area contributed by atoms with Crippen molar-refractivity contribution in [2.45, 2.75) is 13.3 Å². The number of pyridine rings is 1. The topological polar surface area (TPSA) is 63.8 Å². The smallest absolute Gasteiger partial charge is 0.249 e. The molecule has 0 atom stereocenters. The highest BCUT2D eigenvalue weighted by molar-refractivity contribution is 5.51. The molecule has 2 rings (SSSR count). The minimum atomic E-state index is 0.530. The van der Waals surface area contributed by atoms with Crippen molar-refractivity contribution in [2.24, 2.45) is 0 Å². The molecule has 0 aliphatic heterocycles. The average molecular weight is 218 g/mol. The van der Waals surface area contributed by atoms with Gasteiger partial charge in [0.2, 0.25) is 11.8 Å². The predicted molar refractivity (Wildman–Crippen MR) is 59.9 cm³/mol. The third kappa shape index (κ3) is 2.43. The van der Waals surface area contributed by atoms with Crippen LogP contribution in [0.5, 0.6) is 0 Å². The van der Waals surface area contributed by atoms with Gasteiger partial charge in [-0.15, -0.1) is 10.2 Å². The molecular formula is C11H14N4O. The fourth-order valence-electron chi connectivity index (χ4n) is 1.38. The molecule has 0 aliphatic rings. The van der Waals surface area contributed by atoms with E-state index in [9.17, 15) is 0 Å². The van der Waals surface area contributed by atoms with E-state index in [1.165, 1.54) is 0 Å². The Morgan fingerprint density at radius 1 is 1.31 bits per heavy atom. The molecule has 0 saturated carbocycles. The molecular weight excluding hydrogens is 204 g/mol. The fraction of sp³-hybridized carbons (Fsp3) is 0.364. The Hall–Kier alpha value is -1.75. The van der Waals surface area contributed by atoms with Gasteiger partial charge in [-0.25, -0.2) is 0 Å². The van der Waals surface area contributed by atoms with Gasteiger partial charge in [-0.05, 0) is 25.6 Å². The largest absolute Gasteiger partial charge is 0.421 e. The highest BCUT2D eigenvalue weighted by atomic mass is 16.4. The molecule has 0 fully saturated rings. The van der Waals surface area contributed by atoms with Gasteiger partial charge < -0.3 is 9.73 Å². The van der Waals surface area contributed by atoms with E-state index in [-0.39, 0.29) is 0 Å². The van der Waals surface area contributed by atoms with Crippen LogP contribution in [0.3, 0.4) is 0 Å². The van der Waals surface area contributed by atoms with Gasteiger partial charge in [-0.3, -0.25) is 4.98 Å². The van der Waals surface area contributed by atoms with Crippen molar-refractivity contribution in [1.29, 1.82) is 0 Å². The van der Waals surface area contributed by atoms with Gasteiger partial charge in [-0.1, -0.05) is 0 Å². The van der Waals surface area contributed by atoms with Crippen molar-refractivity contribution in [3.63, 3.8) is 0 Å². The Balaban J connectivity index is 2.18. The zero-order valence-corrected chi connectivity index (χ0v) is 9.40. The van der Waals surface area contributed by atoms with Crippen molar-refractivity contribution in [3.05, 3.63) is 29.9 Å². The number of hydrogen-bond donors (Lipinski definition) is 1. The Morgan fingerprint density at radius 3 is 2.94 bits per heavy atom. The van der Waals surface area contributed by atoms with Gasteiger partial charge in [0.05, 0.1) is 5.56 Å². The van der Waals surface area contributed by atoms with E-state index in [4.69, 9.17) is 4.42 Å². The van der Waals surface area contributed by atoms with Gasteiger partial charge >= 0.3 is 0 Å². The first-order chi connectivity index (χ1) is 7.79. The summed E-state index contributed by atoms with van der Waals surface area (Å²) >= 11 is 0. The van der Waals surface area contributed by atoms with Crippen LogP contribution in [0, 0.1) is 6.92 Å². The molecule has 0 aliphatic carbocycles. The van der Waals surface area contributed by atoms with Gasteiger partial charge in [0.1, 0.15) is 0 Å². The molecule has 0 radical (unpaired) electrons. The molecule has 1 N–H and O–H groups in total. The second-order valence-corrected chi connectivity index (χ2v) is 3.61. The molecule has 2 heterocycles. The molecule has 0 amide bonds. The second-order valence-electron chi connectivity index (χ2n) is 3.61. The maximum Gasteiger partial charge on any atom is 0.249 e. The molecule has 2 aromatic heterocycles. The van der Waals surface area contributed by atoms with E-state index in [1.54, 1.807) is 12.4 Å². The fourth-order valence-corrected chi connectivity index (χ4v) is 1.38. The first kappa shape index (κ1) is 10.8. The van der Waals surface area contributed by atoms with Crippen LogP contribution >= 0.6 is 0 Å². The molecule has 84 valence electrons. The number of aromatic nitrogens is 3. The van der Waals surface area contributed by atoms with E-state index in [0.717, 1.165) is 24.1 Å². The highest BCUT2D eigenvalue weighted by Crippen LogP contribution is 2.17. The van der Waals surface area contributed by atoms with E-state index < -0.39 is 0 Å². The van der Waals surface area contributed by atoms with Crippen molar-refractivity contribution < 1.29 is 4.42 Å². The van der Waals surface area contributed by atoms with Crippen LogP contribution in [0.25, 0.3) is 11.5 Å². The van der Waals surface area contributed by atoms with Crippen LogP contribution in [0.2, 0.25) is 0 Å². The Labute approximate surface area is 93.9 Å². The zero-order valence-electron chi connectivity index (χ0n) is 9.40. The molecule has 2 aromatic rings. The lowest BCUT2D eigenvalue weighted by atomic mass is 10.2. The van der Waals surface area contributed by atoms with E-state index in [1.807, 2.05) is 20.0 Å². The van der Waals surface area contributed by atoms with Crippen LogP contribution in [0.1, 0.15) is 11.5 Å². The first-order valence-corrected chi connectivity index (χ1v) is 5.18. The van der Waals surface area contributed by atoms with Gasteiger partial charge in [0.25, 0.3) is 0 Å². The summed E-state index contributed by atoms with van der Waals surface area (Å²) < 4.78 is 5.52. The number of nitrogens with one attached hydrogen (secondary N) is 1. The van der Waals surface area contributed by atoms with Crippen LogP contribution in [-0.2, 0) is 6.42 Å². The Morgan fingerprint density at radius 2 is 2.19 bits per heavy atom. The Kier molecular flexibility index (Phi) is 3.26. The number of nitrogens with zero attached hydrogens (tertiary/aromatic N) is 3. The minimum Gasteiger partial charge on any atom is -0.421 e. The van der Waals surface area contributed by atoms with Crippen molar-refractivity contribution in [2.75, 3.05) is 13.6 Å². The van der Waals surface area contributed by atoms with Crippen molar-refractivity contribution in [3.8, 4) is 11.5 Å². The van der Waals surface area contributed by atoms with Crippen molar-refractivity contribution >= 4 is 0 Å². The van der Waals surface area contributed by atoms with E-state index >= 15 is 0 Å². The summed E-state index contributed by atoms with van der Waals surface area (Å²) in [4.78, 5) is 4.09. The maximum absolute atomic E-state index is 5.52. The van der Waals surface area contributed by atoms with Crippen LogP contribution in [-0.4, -0.2) is 28.8 Å². The van der Waals surface area contributed by atoms with Gasteiger partial charge in [-0.2, -0.15) is 0 Å². The SMILES string of the molecule is CNCCc1nnc(-c2cncc(C)c2)o1. The molecule has 0 saturated heterocycles. The lowest BCUT2D eigenvalue weighted by molar-refractivity contribution is 0.500. The summed E-state index contributed by atoms with van der Waals surface area (Å²) in [5, 5.41) is 11.0. The lowest BCUT2D eigenvalue weighted by Crippen LogP contribution is -2.10. The van der Waals surface area contributed by atoms with Crippen molar-refractivity contribution in [1.82, 2.24) is 20.5 Å². The zero-order chi connectivity index (χ0) is 11.4. The summed E-state index contributed by atoms with van der Waals surface area (Å²) in [6.07, 6.45) is 4.26. The normalized spacial score (nSPS) is 10.6. The lowest BCUT2D eigenvalue weighted by Gasteiger charge is -1.95. The summed E-state index contributed by atoms with van der Waals surface area (Å²) in [7, 11) is 1.89. The highest BCUT2D eigenvalue weighted by Gasteiger charge is 2.08. The van der Waals surface area contributed by atoms with Gasteiger partial charge in [0, 0.05) is 25.4 Å². The average Bonchev–Trinajstić information content (AvgIpc) is 2.75. The minimum absolute atomic E-state index is 0.530. The molecule has 0 spiro atoms. The molecule has 0 aromatic carbocycles. The third-order valence-corrected chi connectivity index (χ3v) is 2.18. The summed E-state index contributed by atoms with van der Waals surface area (Å²) in [5.41, 5.74) is 1.94. The van der Waals surface area contributed by atoms with Crippen LogP contribution in [0.4, 0.5) is 0 Å². The molecule has 5 heteroatoms. The predicted octanol–water partition coefficient (Wildman–Crippen LogP) is 1.20. The second kappa shape index (κ2) is 4.85. The molecule has 0 unspecified atom stereocenters. The maximum atomic E-state index is 5.52. The first-order valence-electron chi connectivity index (χ1n) is 5.18. The standard InChI is InChI=1S/C11H14N4O/c1-8-5-9(7-13-6-8)11-15-14-10(16-11)3-4-12-2/h5-7,12H,3-4H2,1-2H3. The Bertz CT molecular complexity index is 467. The van der Waals surface area contributed by atoms with Crippen LogP contribution in [0.15, 0.2) is 22.9 Å². The monoisotopic (exact) mass is 218 g/mol. The van der Waals surface area contributed by atoms with E-state index in [2.05, 4.69) is 20.5 Å². The number of aryl methyl sites for hydroxylation is 1. The molecule has 0 bridgehead atoms.